The Morgan fingerprint density at radius 2 is 2.04 bits per heavy atom. The van der Waals surface area contributed by atoms with E-state index in [1.165, 1.54) is 11.3 Å². The first-order valence-electron chi connectivity index (χ1n) is 7.62. The van der Waals surface area contributed by atoms with Gasteiger partial charge in [-0.3, -0.25) is 5.41 Å². The molecule has 1 aliphatic heterocycles. The number of aromatic hydroxyl groups is 1. The third kappa shape index (κ3) is 2.71. The summed E-state index contributed by atoms with van der Waals surface area (Å²) in [4.78, 5) is 7.31. The van der Waals surface area contributed by atoms with E-state index in [1.807, 2.05) is 35.9 Å². The Labute approximate surface area is 152 Å². The molecular formula is C18H15N3O2S2. The topological polar surface area (TPSA) is 80.4 Å². The van der Waals surface area contributed by atoms with Gasteiger partial charge in [0.2, 0.25) is 0 Å². The Morgan fingerprint density at radius 1 is 1.20 bits per heavy atom. The Hall–Kier alpha value is -2.64. The number of benzene rings is 1. The zero-order valence-electron chi connectivity index (χ0n) is 13.4. The minimum atomic E-state index is 0.122. The molecular weight excluding hydrogens is 354 g/mol. The van der Waals surface area contributed by atoms with Crippen LogP contribution in [0.25, 0.3) is 16.1 Å². The standard InChI is InChI=1S/C18H15N3O2S2/c1-10-4-5-11(7-13(10)22)21-8-14(23)16(17(21)19)18-20-12(9-25-18)15-3-2-6-24-15/h2-7,9,19,22-23H,8H2,1H3. The third-order valence-corrected chi connectivity index (χ3v) is 5.85. The summed E-state index contributed by atoms with van der Waals surface area (Å²) in [5.74, 6) is 0.484. The summed E-state index contributed by atoms with van der Waals surface area (Å²) in [5, 5.41) is 33.4. The van der Waals surface area contributed by atoms with Gasteiger partial charge in [-0.1, -0.05) is 12.1 Å². The minimum absolute atomic E-state index is 0.122. The Bertz CT molecular complexity index is 990. The molecule has 0 saturated heterocycles. The van der Waals surface area contributed by atoms with Crippen molar-refractivity contribution in [2.45, 2.75) is 6.92 Å². The average molecular weight is 369 g/mol. The second kappa shape index (κ2) is 6.02. The fourth-order valence-corrected chi connectivity index (χ4v) is 4.36. The van der Waals surface area contributed by atoms with Gasteiger partial charge in [0.25, 0.3) is 0 Å². The fraction of sp³-hybridized carbons (Fsp3) is 0.111. The average Bonchev–Trinajstić information content (AvgIpc) is 3.30. The van der Waals surface area contributed by atoms with Crippen LogP contribution in [0.1, 0.15) is 10.6 Å². The molecule has 25 heavy (non-hydrogen) atoms. The summed E-state index contributed by atoms with van der Waals surface area (Å²) in [5.41, 5.74) is 2.75. The Morgan fingerprint density at radius 3 is 2.76 bits per heavy atom. The van der Waals surface area contributed by atoms with Gasteiger partial charge in [-0.25, -0.2) is 4.98 Å². The van der Waals surface area contributed by atoms with Gasteiger partial charge in [0.05, 0.1) is 22.7 Å². The highest BCUT2D eigenvalue weighted by Crippen LogP contribution is 2.36. The van der Waals surface area contributed by atoms with E-state index in [2.05, 4.69) is 4.98 Å². The van der Waals surface area contributed by atoms with Crippen LogP contribution in [0.4, 0.5) is 5.69 Å². The number of rotatable bonds is 3. The first-order valence-corrected chi connectivity index (χ1v) is 9.38. The first kappa shape index (κ1) is 15.9. The molecule has 5 nitrogen and oxygen atoms in total. The number of anilines is 1. The molecule has 0 bridgehead atoms. The number of thiazole rings is 1. The lowest BCUT2D eigenvalue weighted by Gasteiger charge is -2.19. The highest BCUT2D eigenvalue weighted by atomic mass is 32.1. The number of phenolic OH excluding ortho intramolecular Hbond substituents is 1. The van der Waals surface area contributed by atoms with Crippen molar-refractivity contribution in [3.05, 3.63) is 57.4 Å². The van der Waals surface area contributed by atoms with Crippen LogP contribution in [0.3, 0.4) is 0 Å². The molecule has 3 aromatic rings. The van der Waals surface area contributed by atoms with Gasteiger partial charge in [-0.2, -0.15) is 0 Å². The van der Waals surface area contributed by atoms with E-state index in [9.17, 15) is 10.2 Å². The molecule has 7 heteroatoms. The van der Waals surface area contributed by atoms with Gasteiger partial charge in [0, 0.05) is 17.1 Å². The molecule has 3 heterocycles. The van der Waals surface area contributed by atoms with Gasteiger partial charge in [0.1, 0.15) is 22.4 Å². The number of thiophene rings is 1. The van der Waals surface area contributed by atoms with Gasteiger partial charge < -0.3 is 15.1 Å². The summed E-state index contributed by atoms with van der Waals surface area (Å²) in [7, 11) is 0. The van der Waals surface area contributed by atoms with Crippen LogP contribution in [-0.4, -0.2) is 27.6 Å². The zero-order chi connectivity index (χ0) is 17.6. The Kier molecular flexibility index (Phi) is 3.82. The molecule has 2 aromatic heterocycles. The number of aliphatic hydroxyl groups excluding tert-OH is 1. The van der Waals surface area contributed by atoms with Crippen LogP contribution in [0.5, 0.6) is 5.75 Å². The SMILES string of the molecule is Cc1ccc(N2CC(O)=C(c3nc(-c4cccs4)cs3)C2=N)cc1O. The molecule has 0 aliphatic carbocycles. The molecule has 4 rings (SSSR count). The van der Waals surface area contributed by atoms with Crippen LogP contribution in [0.2, 0.25) is 0 Å². The van der Waals surface area contributed by atoms with Crippen molar-refractivity contribution in [1.82, 2.24) is 4.98 Å². The quantitative estimate of drug-likeness (QED) is 0.628. The summed E-state index contributed by atoms with van der Waals surface area (Å²) in [6.07, 6.45) is 0. The number of aromatic nitrogens is 1. The number of nitrogens with zero attached hydrogens (tertiary/aromatic N) is 2. The van der Waals surface area contributed by atoms with E-state index < -0.39 is 0 Å². The van der Waals surface area contributed by atoms with Crippen LogP contribution in [-0.2, 0) is 0 Å². The predicted octanol–water partition coefficient (Wildman–Crippen LogP) is 4.65. The van der Waals surface area contributed by atoms with Crippen LogP contribution in [0.15, 0.2) is 46.9 Å². The normalized spacial score (nSPS) is 14.6. The van der Waals surface area contributed by atoms with Gasteiger partial charge in [-0.15, -0.1) is 22.7 Å². The number of hydrogen-bond donors (Lipinski definition) is 3. The smallest absolute Gasteiger partial charge is 0.139 e. The molecule has 0 saturated carbocycles. The molecule has 126 valence electrons. The molecule has 1 aromatic carbocycles. The van der Waals surface area contributed by atoms with Crippen molar-refractivity contribution in [3.63, 3.8) is 0 Å². The van der Waals surface area contributed by atoms with Crippen LogP contribution < -0.4 is 4.90 Å². The largest absolute Gasteiger partial charge is 0.510 e. The van der Waals surface area contributed by atoms with E-state index in [1.54, 1.807) is 28.4 Å². The van der Waals surface area contributed by atoms with Crippen LogP contribution >= 0.6 is 22.7 Å². The lowest BCUT2D eigenvalue weighted by atomic mass is 10.2. The number of aryl methyl sites for hydroxylation is 1. The lowest BCUT2D eigenvalue weighted by molar-refractivity contribution is 0.411. The lowest BCUT2D eigenvalue weighted by Crippen LogP contribution is -2.25. The second-order valence-corrected chi connectivity index (χ2v) is 7.55. The molecule has 0 atom stereocenters. The van der Waals surface area contributed by atoms with Crippen molar-refractivity contribution < 1.29 is 10.2 Å². The van der Waals surface area contributed by atoms with Crippen molar-refractivity contribution >= 4 is 39.8 Å². The molecule has 3 N–H and O–H groups in total. The summed E-state index contributed by atoms with van der Waals surface area (Å²) >= 11 is 3.02. The summed E-state index contributed by atoms with van der Waals surface area (Å²) < 4.78 is 0. The first-order chi connectivity index (χ1) is 12.0. The van der Waals surface area contributed by atoms with Crippen molar-refractivity contribution in [3.8, 4) is 16.3 Å². The maximum absolute atomic E-state index is 10.4. The van der Waals surface area contributed by atoms with E-state index in [0.717, 1.165) is 16.1 Å². The van der Waals surface area contributed by atoms with E-state index in [-0.39, 0.29) is 23.9 Å². The molecule has 0 spiro atoms. The second-order valence-electron chi connectivity index (χ2n) is 5.74. The molecule has 0 radical (unpaired) electrons. The van der Waals surface area contributed by atoms with Gasteiger partial charge in [-0.05, 0) is 30.0 Å². The zero-order valence-corrected chi connectivity index (χ0v) is 15.0. The number of nitrogens with one attached hydrogen (secondary N) is 1. The number of aliphatic hydroxyl groups is 1. The third-order valence-electron chi connectivity index (χ3n) is 4.10. The summed E-state index contributed by atoms with van der Waals surface area (Å²) in [6, 6.07) is 9.21. The van der Waals surface area contributed by atoms with E-state index in [0.29, 0.717) is 16.3 Å². The molecule has 0 fully saturated rings. The molecule has 0 amide bonds. The number of phenols is 1. The van der Waals surface area contributed by atoms with Crippen molar-refractivity contribution in [1.29, 1.82) is 5.41 Å². The van der Waals surface area contributed by atoms with E-state index in [4.69, 9.17) is 5.41 Å². The van der Waals surface area contributed by atoms with Crippen molar-refractivity contribution in [2.75, 3.05) is 11.4 Å². The Balaban J connectivity index is 1.66. The number of hydrogen-bond acceptors (Lipinski definition) is 6. The molecule has 0 unspecified atom stereocenters. The van der Waals surface area contributed by atoms with Crippen LogP contribution in [0, 0.1) is 12.3 Å². The number of amidine groups is 1. The highest BCUT2D eigenvalue weighted by molar-refractivity contribution is 7.14. The minimum Gasteiger partial charge on any atom is -0.510 e. The predicted molar refractivity (Wildman–Crippen MR) is 103 cm³/mol. The monoisotopic (exact) mass is 369 g/mol. The van der Waals surface area contributed by atoms with E-state index >= 15 is 0 Å². The fourth-order valence-electron chi connectivity index (χ4n) is 2.72. The van der Waals surface area contributed by atoms with Crippen molar-refractivity contribution in [2.24, 2.45) is 0 Å². The molecule has 1 aliphatic rings. The van der Waals surface area contributed by atoms with Gasteiger partial charge in [0.15, 0.2) is 0 Å². The van der Waals surface area contributed by atoms with Gasteiger partial charge >= 0.3 is 0 Å². The maximum atomic E-state index is 10.4. The maximum Gasteiger partial charge on any atom is 0.139 e. The summed E-state index contributed by atoms with van der Waals surface area (Å²) in [6.45, 7) is 2.02. The highest BCUT2D eigenvalue weighted by Gasteiger charge is 2.31.